The predicted octanol–water partition coefficient (Wildman–Crippen LogP) is 3.83. The average molecular weight is 518 g/mol. The lowest BCUT2D eigenvalue weighted by Crippen LogP contribution is -2.29. The van der Waals surface area contributed by atoms with Crippen LogP contribution in [0.15, 0.2) is 61.3 Å². The first-order chi connectivity index (χ1) is 18.2. The summed E-state index contributed by atoms with van der Waals surface area (Å²) < 4.78 is 11.1. The van der Waals surface area contributed by atoms with Crippen molar-refractivity contribution in [2.45, 2.75) is 13.3 Å². The minimum Gasteiger partial charge on any atom is -0.496 e. The van der Waals surface area contributed by atoms with E-state index < -0.39 is 0 Å². The number of ether oxygens (including phenoxy) is 2. The SMILES string of the molecule is C=CC(=O)Nc1cc(Cc2nccc(C(=O)c3ccc(OCC)cc3)n2)c(OC)cc1N(C)CCN(C)C. The molecule has 1 N–H and O–H groups in total. The number of methoxy groups -OCH3 is 1. The molecule has 3 rings (SSSR count). The summed E-state index contributed by atoms with van der Waals surface area (Å²) in [5, 5.41) is 2.90. The fourth-order valence-electron chi connectivity index (χ4n) is 3.81. The van der Waals surface area contributed by atoms with Crippen molar-refractivity contribution in [1.82, 2.24) is 14.9 Å². The molecule has 2 aromatic carbocycles. The number of nitrogens with zero attached hydrogens (tertiary/aromatic N) is 4. The van der Waals surface area contributed by atoms with Crippen molar-refractivity contribution in [3.8, 4) is 11.5 Å². The van der Waals surface area contributed by atoms with E-state index in [1.807, 2.05) is 40.2 Å². The molecule has 1 amide bonds. The molecule has 0 atom stereocenters. The zero-order valence-corrected chi connectivity index (χ0v) is 22.7. The van der Waals surface area contributed by atoms with Gasteiger partial charge in [-0.2, -0.15) is 0 Å². The van der Waals surface area contributed by atoms with Crippen LogP contribution < -0.4 is 19.7 Å². The van der Waals surface area contributed by atoms with Gasteiger partial charge < -0.3 is 24.6 Å². The molecular weight excluding hydrogens is 482 g/mol. The fraction of sp³-hybridized carbons (Fsp3) is 0.310. The second kappa shape index (κ2) is 13.3. The lowest BCUT2D eigenvalue weighted by atomic mass is 10.1. The maximum absolute atomic E-state index is 13.1. The Morgan fingerprint density at radius 3 is 2.45 bits per heavy atom. The molecule has 0 saturated heterocycles. The molecule has 0 fully saturated rings. The van der Waals surface area contributed by atoms with Crippen LogP contribution in [0.5, 0.6) is 11.5 Å². The monoisotopic (exact) mass is 517 g/mol. The highest BCUT2D eigenvalue weighted by Crippen LogP contribution is 2.34. The maximum atomic E-state index is 13.1. The van der Waals surface area contributed by atoms with Crippen LogP contribution in [0, 0.1) is 0 Å². The van der Waals surface area contributed by atoms with E-state index in [1.54, 1.807) is 43.6 Å². The van der Waals surface area contributed by atoms with Crippen LogP contribution in [0.25, 0.3) is 0 Å². The van der Waals surface area contributed by atoms with Crippen molar-refractivity contribution >= 4 is 23.1 Å². The van der Waals surface area contributed by atoms with Crippen LogP contribution in [0.2, 0.25) is 0 Å². The fourth-order valence-corrected chi connectivity index (χ4v) is 3.81. The van der Waals surface area contributed by atoms with Crippen LogP contribution in [0.3, 0.4) is 0 Å². The summed E-state index contributed by atoms with van der Waals surface area (Å²) in [7, 11) is 7.57. The van der Waals surface area contributed by atoms with Crippen molar-refractivity contribution in [3.63, 3.8) is 0 Å². The summed E-state index contributed by atoms with van der Waals surface area (Å²) in [6.45, 7) is 7.60. The topological polar surface area (TPSA) is 96.9 Å². The summed E-state index contributed by atoms with van der Waals surface area (Å²) in [4.78, 5) is 38.3. The molecule has 0 aliphatic rings. The highest BCUT2D eigenvalue weighted by molar-refractivity contribution is 6.07. The van der Waals surface area contributed by atoms with Gasteiger partial charge in [-0.3, -0.25) is 9.59 Å². The minimum absolute atomic E-state index is 0.208. The van der Waals surface area contributed by atoms with E-state index in [2.05, 4.69) is 31.7 Å². The van der Waals surface area contributed by atoms with E-state index in [1.165, 1.54) is 6.08 Å². The molecule has 0 spiro atoms. The van der Waals surface area contributed by atoms with Crippen LogP contribution in [-0.4, -0.2) is 74.5 Å². The van der Waals surface area contributed by atoms with Gasteiger partial charge >= 0.3 is 0 Å². The third-order valence-corrected chi connectivity index (χ3v) is 5.85. The van der Waals surface area contributed by atoms with Crippen molar-refractivity contribution < 1.29 is 19.1 Å². The van der Waals surface area contributed by atoms with Crippen LogP contribution in [0.4, 0.5) is 11.4 Å². The molecule has 1 aromatic heterocycles. The molecule has 1 heterocycles. The van der Waals surface area contributed by atoms with Crippen LogP contribution in [-0.2, 0) is 11.2 Å². The summed E-state index contributed by atoms with van der Waals surface area (Å²) in [5.41, 5.74) is 2.99. The Balaban J connectivity index is 1.91. The molecule has 3 aromatic rings. The highest BCUT2D eigenvalue weighted by atomic mass is 16.5. The first-order valence-electron chi connectivity index (χ1n) is 12.3. The summed E-state index contributed by atoms with van der Waals surface area (Å²) in [6.07, 6.45) is 3.10. The van der Waals surface area contributed by atoms with Crippen molar-refractivity contribution in [1.29, 1.82) is 0 Å². The summed E-state index contributed by atoms with van der Waals surface area (Å²) >= 11 is 0. The number of benzene rings is 2. The lowest BCUT2D eigenvalue weighted by molar-refractivity contribution is -0.111. The first kappa shape index (κ1) is 28.3. The molecule has 0 radical (unpaired) electrons. The number of hydrogen-bond donors (Lipinski definition) is 1. The molecule has 0 aliphatic carbocycles. The number of amides is 1. The zero-order chi connectivity index (χ0) is 27.7. The number of carbonyl (C=O) groups is 2. The van der Waals surface area contributed by atoms with Crippen molar-refractivity contribution in [2.24, 2.45) is 0 Å². The largest absolute Gasteiger partial charge is 0.496 e. The van der Waals surface area contributed by atoms with Crippen molar-refractivity contribution in [2.75, 3.05) is 58.2 Å². The second-order valence-corrected chi connectivity index (χ2v) is 8.92. The van der Waals surface area contributed by atoms with E-state index in [0.717, 1.165) is 24.3 Å². The Kier molecular flexibility index (Phi) is 9.95. The maximum Gasteiger partial charge on any atom is 0.247 e. The van der Waals surface area contributed by atoms with Gasteiger partial charge in [-0.05, 0) is 63.5 Å². The van der Waals surface area contributed by atoms with Gasteiger partial charge in [0.1, 0.15) is 23.0 Å². The smallest absolute Gasteiger partial charge is 0.247 e. The summed E-state index contributed by atoms with van der Waals surface area (Å²) in [5.74, 6) is 1.26. The molecule has 0 unspecified atom stereocenters. The Morgan fingerprint density at radius 2 is 1.82 bits per heavy atom. The van der Waals surface area contributed by atoms with E-state index in [9.17, 15) is 9.59 Å². The molecule has 9 heteroatoms. The van der Waals surface area contributed by atoms with E-state index in [0.29, 0.717) is 47.3 Å². The average Bonchev–Trinajstić information content (AvgIpc) is 2.92. The first-order valence-corrected chi connectivity index (χ1v) is 12.3. The van der Waals surface area contributed by atoms with Gasteiger partial charge in [0.25, 0.3) is 0 Å². The zero-order valence-electron chi connectivity index (χ0n) is 22.7. The Bertz CT molecular complexity index is 1270. The molecule has 0 aliphatic heterocycles. The van der Waals surface area contributed by atoms with E-state index in [-0.39, 0.29) is 11.7 Å². The van der Waals surface area contributed by atoms with Crippen LogP contribution in [0.1, 0.15) is 34.4 Å². The quantitative estimate of drug-likeness (QED) is 0.270. The molecule has 38 heavy (non-hydrogen) atoms. The molecule has 9 nitrogen and oxygen atoms in total. The number of hydrogen-bond acceptors (Lipinski definition) is 8. The Labute approximate surface area is 224 Å². The highest BCUT2D eigenvalue weighted by Gasteiger charge is 2.18. The molecular formula is C29H35N5O4. The number of rotatable bonds is 13. The van der Waals surface area contributed by atoms with Gasteiger partial charge in [0.2, 0.25) is 11.7 Å². The minimum atomic E-state index is -0.317. The Morgan fingerprint density at radius 1 is 1.08 bits per heavy atom. The third-order valence-electron chi connectivity index (χ3n) is 5.85. The number of aromatic nitrogens is 2. The van der Waals surface area contributed by atoms with E-state index >= 15 is 0 Å². The standard InChI is InChI=1S/C29H35N5O4/c1-7-28(35)32-24-17-21(26(37-6)19-25(24)34(5)16-15-33(3)4)18-27-30-14-13-23(31-27)29(36)20-9-11-22(12-10-20)38-8-2/h7,9-14,17,19H,1,8,15-16,18H2,2-6H3,(H,32,35). The van der Waals surface area contributed by atoms with Gasteiger partial charge in [-0.15, -0.1) is 0 Å². The molecule has 0 bridgehead atoms. The molecule has 200 valence electrons. The molecule has 0 saturated carbocycles. The Hall–Kier alpha value is -4.24. The number of ketones is 1. The van der Waals surface area contributed by atoms with Gasteiger partial charge in [0, 0.05) is 49.9 Å². The second-order valence-electron chi connectivity index (χ2n) is 8.92. The number of anilines is 2. The van der Waals surface area contributed by atoms with Gasteiger partial charge in [-0.1, -0.05) is 6.58 Å². The predicted molar refractivity (Wildman–Crippen MR) is 150 cm³/mol. The van der Waals surface area contributed by atoms with Gasteiger partial charge in [0.05, 0.1) is 25.1 Å². The van der Waals surface area contributed by atoms with Gasteiger partial charge in [0.15, 0.2) is 0 Å². The normalized spacial score (nSPS) is 10.7. The third kappa shape index (κ3) is 7.39. The number of nitrogens with one attached hydrogen (secondary N) is 1. The van der Waals surface area contributed by atoms with Crippen LogP contribution >= 0.6 is 0 Å². The van der Waals surface area contributed by atoms with E-state index in [4.69, 9.17) is 9.47 Å². The lowest BCUT2D eigenvalue weighted by Gasteiger charge is -2.25. The summed E-state index contributed by atoms with van der Waals surface area (Å²) in [6, 6.07) is 12.3. The number of likely N-dealkylation sites (N-methyl/N-ethyl adjacent to an activating group) is 2. The van der Waals surface area contributed by atoms with Gasteiger partial charge in [-0.25, -0.2) is 9.97 Å². The number of carbonyl (C=O) groups excluding carboxylic acids is 2. The van der Waals surface area contributed by atoms with Crippen molar-refractivity contribution in [3.05, 3.63) is 84.0 Å².